The van der Waals surface area contributed by atoms with Gasteiger partial charge in [0.1, 0.15) is 11.5 Å². The summed E-state index contributed by atoms with van der Waals surface area (Å²) in [7, 11) is 3.15. The third kappa shape index (κ3) is 3.29. The van der Waals surface area contributed by atoms with Crippen LogP contribution in [0.1, 0.15) is 36.5 Å². The third-order valence-corrected chi connectivity index (χ3v) is 4.06. The fourth-order valence-electron chi connectivity index (χ4n) is 2.89. The van der Waals surface area contributed by atoms with Gasteiger partial charge in [0.25, 0.3) is 5.91 Å². The molecule has 0 aromatic heterocycles. The quantitative estimate of drug-likeness (QED) is 0.922. The van der Waals surface area contributed by atoms with Crippen molar-refractivity contribution in [1.82, 2.24) is 4.90 Å². The van der Waals surface area contributed by atoms with E-state index in [4.69, 9.17) is 15.2 Å². The van der Waals surface area contributed by atoms with Crippen LogP contribution in [0.2, 0.25) is 0 Å². The highest BCUT2D eigenvalue weighted by molar-refractivity contribution is 5.97. The molecule has 1 aliphatic rings. The van der Waals surface area contributed by atoms with Crippen molar-refractivity contribution < 1.29 is 14.3 Å². The van der Waals surface area contributed by atoms with Crippen molar-refractivity contribution in [1.29, 1.82) is 0 Å². The lowest BCUT2D eigenvalue weighted by Gasteiger charge is -2.38. The van der Waals surface area contributed by atoms with Gasteiger partial charge in [0.2, 0.25) is 0 Å². The van der Waals surface area contributed by atoms with E-state index in [-0.39, 0.29) is 18.0 Å². The van der Waals surface area contributed by atoms with E-state index >= 15 is 0 Å². The summed E-state index contributed by atoms with van der Waals surface area (Å²) in [4.78, 5) is 14.7. The maximum atomic E-state index is 12.8. The first kappa shape index (κ1) is 15.6. The number of hydrogen-bond acceptors (Lipinski definition) is 4. The number of nitrogens with zero attached hydrogens (tertiary/aromatic N) is 1. The van der Waals surface area contributed by atoms with Crippen LogP contribution in [0.4, 0.5) is 0 Å². The van der Waals surface area contributed by atoms with E-state index < -0.39 is 0 Å². The minimum absolute atomic E-state index is 0.0171. The van der Waals surface area contributed by atoms with Crippen molar-refractivity contribution in [3.8, 4) is 11.5 Å². The summed E-state index contributed by atoms with van der Waals surface area (Å²) in [6.45, 7) is 2.71. The first-order valence-electron chi connectivity index (χ1n) is 7.37. The molecule has 2 N–H and O–H groups in total. The predicted molar refractivity (Wildman–Crippen MR) is 81.9 cm³/mol. The largest absolute Gasteiger partial charge is 0.497 e. The molecule has 0 spiro atoms. The fourth-order valence-corrected chi connectivity index (χ4v) is 2.89. The Bertz CT molecular complexity index is 502. The molecule has 2 rings (SSSR count). The van der Waals surface area contributed by atoms with Gasteiger partial charge in [0.05, 0.1) is 19.8 Å². The lowest BCUT2D eigenvalue weighted by molar-refractivity contribution is 0.0580. The summed E-state index contributed by atoms with van der Waals surface area (Å²) in [5.41, 5.74) is 6.61. The van der Waals surface area contributed by atoms with Crippen LogP contribution in [0.5, 0.6) is 11.5 Å². The van der Waals surface area contributed by atoms with Crippen molar-refractivity contribution in [3.63, 3.8) is 0 Å². The summed E-state index contributed by atoms with van der Waals surface area (Å²) in [6.07, 6.45) is 3.10. The van der Waals surface area contributed by atoms with Crippen LogP contribution >= 0.6 is 0 Å². The maximum absolute atomic E-state index is 12.8. The van der Waals surface area contributed by atoms with E-state index in [9.17, 15) is 4.79 Å². The molecule has 1 saturated heterocycles. The van der Waals surface area contributed by atoms with Crippen LogP contribution in [-0.4, -0.2) is 43.7 Å². The number of likely N-dealkylation sites (tertiary alicyclic amines) is 1. The molecule has 0 saturated carbocycles. The van der Waals surface area contributed by atoms with Crippen LogP contribution in [0, 0.1) is 0 Å². The Morgan fingerprint density at radius 1 is 1.33 bits per heavy atom. The van der Waals surface area contributed by atoms with E-state index in [1.807, 2.05) is 11.8 Å². The van der Waals surface area contributed by atoms with Gasteiger partial charge < -0.3 is 20.1 Å². The molecule has 2 atom stereocenters. The number of carbonyl (C=O) groups excluding carboxylic acids is 1. The Morgan fingerprint density at radius 2 is 2.10 bits per heavy atom. The second-order valence-electron chi connectivity index (χ2n) is 5.49. The lowest BCUT2D eigenvalue weighted by Crippen LogP contribution is -2.51. The molecule has 21 heavy (non-hydrogen) atoms. The third-order valence-electron chi connectivity index (χ3n) is 4.06. The average molecular weight is 292 g/mol. The van der Waals surface area contributed by atoms with E-state index in [0.717, 1.165) is 25.8 Å². The molecule has 5 heteroatoms. The van der Waals surface area contributed by atoms with Crippen LogP contribution in [0.3, 0.4) is 0 Å². The lowest BCUT2D eigenvalue weighted by atomic mass is 9.96. The molecule has 0 aliphatic carbocycles. The van der Waals surface area contributed by atoms with E-state index in [0.29, 0.717) is 17.1 Å². The smallest absolute Gasteiger partial charge is 0.257 e. The first-order valence-corrected chi connectivity index (χ1v) is 7.37. The van der Waals surface area contributed by atoms with Crippen LogP contribution in [-0.2, 0) is 0 Å². The summed E-state index contributed by atoms with van der Waals surface area (Å²) >= 11 is 0. The van der Waals surface area contributed by atoms with E-state index in [1.54, 1.807) is 32.4 Å². The number of benzene rings is 1. The van der Waals surface area contributed by atoms with E-state index in [1.165, 1.54) is 0 Å². The van der Waals surface area contributed by atoms with Crippen LogP contribution < -0.4 is 15.2 Å². The zero-order valence-electron chi connectivity index (χ0n) is 13.0. The molecule has 1 aromatic carbocycles. The number of methoxy groups -OCH3 is 2. The molecule has 116 valence electrons. The monoisotopic (exact) mass is 292 g/mol. The van der Waals surface area contributed by atoms with Crippen molar-refractivity contribution >= 4 is 5.91 Å². The van der Waals surface area contributed by atoms with Gasteiger partial charge in [-0.1, -0.05) is 0 Å². The number of nitrogens with two attached hydrogens (primary N) is 1. The Balaban J connectivity index is 2.29. The second-order valence-corrected chi connectivity index (χ2v) is 5.49. The van der Waals surface area contributed by atoms with Gasteiger partial charge in [0, 0.05) is 24.7 Å². The van der Waals surface area contributed by atoms with Gasteiger partial charge in [-0.25, -0.2) is 0 Å². The summed E-state index contributed by atoms with van der Waals surface area (Å²) in [5.74, 6) is 1.19. The van der Waals surface area contributed by atoms with Gasteiger partial charge in [-0.3, -0.25) is 4.79 Å². The van der Waals surface area contributed by atoms with Crippen LogP contribution in [0.15, 0.2) is 18.2 Å². The molecule has 1 amide bonds. The minimum atomic E-state index is -0.0292. The summed E-state index contributed by atoms with van der Waals surface area (Å²) in [5, 5.41) is 0. The zero-order chi connectivity index (χ0) is 15.4. The maximum Gasteiger partial charge on any atom is 0.257 e. The molecule has 0 bridgehead atoms. The molecule has 1 fully saturated rings. The second kappa shape index (κ2) is 6.80. The number of ether oxygens (including phenoxy) is 2. The number of rotatable bonds is 4. The minimum Gasteiger partial charge on any atom is -0.497 e. The Labute approximate surface area is 126 Å². The van der Waals surface area contributed by atoms with E-state index in [2.05, 4.69) is 0 Å². The van der Waals surface area contributed by atoms with Gasteiger partial charge in [-0.2, -0.15) is 0 Å². The zero-order valence-corrected chi connectivity index (χ0v) is 13.0. The highest BCUT2D eigenvalue weighted by Crippen LogP contribution is 2.28. The SMILES string of the molecule is COc1ccc(C(=O)N2CCCCC2C(C)N)c(OC)c1. The number of piperidine rings is 1. The van der Waals surface area contributed by atoms with Crippen molar-refractivity contribution in [2.24, 2.45) is 5.73 Å². The standard InChI is InChI=1S/C16H24N2O3/c1-11(17)14-6-4-5-9-18(14)16(19)13-8-7-12(20-2)10-15(13)21-3/h7-8,10-11,14H,4-6,9,17H2,1-3H3. The molecular weight excluding hydrogens is 268 g/mol. The highest BCUT2D eigenvalue weighted by Gasteiger charge is 2.31. The Kier molecular flexibility index (Phi) is 5.07. The molecule has 0 radical (unpaired) electrons. The Hall–Kier alpha value is -1.75. The number of amides is 1. The van der Waals surface area contributed by atoms with Crippen molar-refractivity contribution in [2.75, 3.05) is 20.8 Å². The highest BCUT2D eigenvalue weighted by atomic mass is 16.5. The molecule has 5 nitrogen and oxygen atoms in total. The average Bonchev–Trinajstić information content (AvgIpc) is 2.53. The Morgan fingerprint density at radius 3 is 2.71 bits per heavy atom. The predicted octanol–water partition coefficient (Wildman–Crippen LogP) is 2.05. The normalized spacial score (nSPS) is 20.0. The molecule has 1 aliphatic heterocycles. The molecule has 1 aromatic rings. The van der Waals surface area contributed by atoms with Gasteiger partial charge in [0.15, 0.2) is 0 Å². The van der Waals surface area contributed by atoms with Crippen molar-refractivity contribution in [2.45, 2.75) is 38.3 Å². The first-order chi connectivity index (χ1) is 10.1. The van der Waals surface area contributed by atoms with Gasteiger partial charge in [-0.05, 0) is 38.3 Å². The summed E-state index contributed by atoms with van der Waals surface area (Å²) in [6, 6.07) is 5.34. The van der Waals surface area contributed by atoms with Crippen molar-refractivity contribution in [3.05, 3.63) is 23.8 Å². The number of carbonyl (C=O) groups is 1. The summed E-state index contributed by atoms with van der Waals surface area (Å²) < 4.78 is 10.5. The van der Waals surface area contributed by atoms with Gasteiger partial charge >= 0.3 is 0 Å². The molecular formula is C16H24N2O3. The number of hydrogen-bond donors (Lipinski definition) is 1. The van der Waals surface area contributed by atoms with Crippen LogP contribution in [0.25, 0.3) is 0 Å². The van der Waals surface area contributed by atoms with Gasteiger partial charge in [-0.15, -0.1) is 0 Å². The topological polar surface area (TPSA) is 64.8 Å². The molecule has 1 heterocycles. The molecule has 2 unspecified atom stereocenters. The fraction of sp³-hybridized carbons (Fsp3) is 0.562.